The van der Waals surface area contributed by atoms with Gasteiger partial charge in [-0.1, -0.05) is 0 Å². The summed E-state index contributed by atoms with van der Waals surface area (Å²) in [7, 11) is 2.92. The SMILES string of the molecule is COc1cc(CC=[N+]2CCN(CCc3cc(OC)c(C#N)cc3F)CC2)c(F)cc1C#N. The Kier molecular flexibility index (Phi) is 7.75. The third-order valence-corrected chi connectivity index (χ3v) is 5.65. The lowest BCUT2D eigenvalue weighted by Crippen LogP contribution is -2.43. The van der Waals surface area contributed by atoms with Crippen LogP contribution in [0.5, 0.6) is 11.5 Å². The zero-order valence-corrected chi connectivity index (χ0v) is 18.2. The molecule has 6 nitrogen and oxygen atoms in total. The molecule has 0 amide bonds. The summed E-state index contributed by atoms with van der Waals surface area (Å²) in [5.41, 5.74) is 1.38. The second kappa shape index (κ2) is 10.7. The van der Waals surface area contributed by atoms with Crippen LogP contribution in [0.25, 0.3) is 0 Å². The molecule has 0 saturated carbocycles. The van der Waals surface area contributed by atoms with Crippen LogP contribution in [0.15, 0.2) is 24.3 Å². The molecule has 32 heavy (non-hydrogen) atoms. The minimum absolute atomic E-state index is 0.179. The van der Waals surface area contributed by atoms with E-state index in [-0.39, 0.29) is 11.1 Å². The average molecular weight is 439 g/mol. The highest BCUT2D eigenvalue weighted by Crippen LogP contribution is 2.23. The van der Waals surface area contributed by atoms with Crippen LogP contribution in [0.1, 0.15) is 22.3 Å². The number of piperazine rings is 1. The predicted octanol–water partition coefficient (Wildman–Crippen LogP) is 2.91. The van der Waals surface area contributed by atoms with Crippen LogP contribution in [0.2, 0.25) is 0 Å². The summed E-state index contributed by atoms with van der Waals surface area (Å²) in [6, 6.07) is 9.46. The smallest absolute Gasteiger partial charge is 0.155 e. The zero-order valence-electron chi connectivity index (χ0n) is 18.2. The van der Waals surface area contributed by atoms with E-state index in [4.69, 9.17) is 20.0 Å². The van der Waals surface area contributed by atoms with Gasteiger partial charge in [0.2, 0.25) is 0 Å². The van der Waals surface area contributed by atoms with Crippen molar-refractivity contribution in [2.45, 2.75) is 12.8 Å². The fraction of sp³-hybridized carbons (Fsp3) is 0.375. The van der Waals surface area contributed by atoms with Crippen molar-refractivity contribution in [1.82, 2.24) is 4.90 Å². The Bertz CT molecular complexity index is 1090. The van der Waals surface area contributed by atoms with Gasteiger partial charge >= 0.3 is 0 Å². The van der Waals surface area contributed by atoms with E-state index in [0.29, 0.717) is 42.0 Å². The molecule has 0 unspecified atom stereocenters. The van der Waals surface area contributed by atoms with E-state index in [1.807, 2.05) is 18.4 Å². The first-order valence-corrected chi connectivity index (χ1v) is 10.3. The lowest BCUT2D eigenvalue weighted by molar-refractivity contribution is -0.536. The van der Waals surface area contributed by atoms with Crippen molar-refractivity contribution in [3.05, 3.63) is 58.2 Å². The Hall–Kier alpha value is -3.49. The predicted molar refractivity (Wildman–Crippen MR) is 115 cm³/mol. The van der Waals surface area contributed by atoms with Gasteiger partial charge in [-0.25, -0.2) is 13.4 Å². The summed E-state index contributed by atoms with van der Waals surface area (Å²) in [5, 5.41) is 18.1. The van der Waals surface area contributed by atoms with Gasteiger partial charge in [0.25, 0.3) is 0 Å². The molecule has 0 spiro atoms. The number of hydrogen-bond acceptors (Lipinski definition) is 5. The van der Waals surface area contributed by atoms with Crippen molar-refractivity contribution in [1.29, 1.82) is 10.5 Å². The van der Waals surface area contributed by atoms with Gasteiger partial charge in [0.1, 0.15) is 41.5 Å². The topological polar surface area (TPSA) is 72.3 Å². The number of ether oxygens (including phenoxy) is 2. The molecule has 0 radical (unpaired) electrons. The summed E-state index contributed by atoms with van der Waals surface area (Å²) in [4.78, 5) is 2.25. The Labute approximate surface area is 186 Å². The van der Waals surface area contributed by atoms with Crippen molar-refractivity contribution in [3.8, 4) is 23.6 Å². The van der Waals surface area contributed by atoms with Gasteiger partial charge in [0.05, 0.1) is 44.9 Å². The van der Waals surface area contributed by atoms with Crippen molar-refractivity contribution in [2.75, 3.05) is 46.9 Å². The number of halogens is 2. The molecule has 1 aliphatic heterocycles. The van der Waals surface area contributed by atoms with Crippen LogP contribution < -0.4 is 9.47 Å². The average Bonchev–Trinajstić information content (AvgIpc) is 2.82. The standard InChI is InChI=1S/C24H25F2N4O2/c1-31-23-13-17(21(25)11-19(23)15-27)3-5-29-7-9-30(10-8-29)6-4-18-14-24(32-2)20(16-28)12-22(18)26/h5,11-14H,3-4,6-10H2,1-2H3/q+1. The molecule has 1 heterocycles. The van der Waals surface area contributed by atoms with Crippen LogP contribution in [-0.2, 0) is 12.8 Å². The highest BCUT2D eigenvalue weighted by Gasteiger charge is 2.20. The molecule has 2 aromatic rings. The first-order valence-electron chi connectivity index (χ1n) is 10.3. The number of hydrogen-bond donors (Lipinski definition) is 0. The molecule has 1 saturated heterocycles. The molecule has 1 fully saturated rings. The Morgan fingerprint density at radius 1 is 0.938 bits per heavy atom. The van der Waals surface area contributed by atoms with E-state index in [2.05, 4.69) is 9.48 Å². The molecular formula is C24H25F2N4O2+. The number of rotatable bonds is 7. The van der Waals surface area contributed by atoms with E-state index in [1.165, 1.54) is 26.4 Å². The quantitative estimate of drug-likeness (QED) is 0.621. The van der Waals surface area contributed by atoms with Gasteiger partial charge in [-0.15, -0.1) is 0 Å². The third kappa shape index (κ3) is 5.40. The largest absolute Gasteiger partial charge is 0.495 e. The monoisotopic (exact) mass is 439 g/mol. The van der Waals surface area contributed by atoms with Crippen molar-refractivity contribution in [2.24, 2.45) is 0 Å². The van der Waals surface area contributed by atoms with Gasteiger partial charge < -0.3 is 9.47 Å². The van der Waals surface area contributed by atoms with Crippen LogP contribution in [0.3, 0.4) is 0 Å². The highest BCUT2D eigenvalue weighted by molar-refractivity contribution is 5.58. The highest BCUT2D eigenvalue weighted by atomic mass is 19.1. The first kappa shape index (κ1) is 23.2. The molecule has 1 aliphatic rings. The molecule has 166 valence electrons. The van der Waals surface area contributed by atoms with Crippen molar-refractivity contribution in [3.63, 3.8) is 0 Å². The molecule has 3 rings (SSSR count). The Balaban J connectivity index is 1.55. The van der Waals surface area contributed by atoms with E-state index in [1.54, 1.807) is 12.1 Å². The van der Waals surface area contributed by atoms with Crippen LogP contribution in [0.4, 0.5) is 8.78 Å². The molecule has 8 heteroatoms. The Morgan fingerprint density at radius 2 is 1.47 bits per heavy atom. The molecule has 0 bridgehead atoms. The summed E-state index contributed by atoms with van der Waals surface area (Å²) >= 11 is 0. The van der Waals surface area contributed by atoms with E-state index in [0.717, 1.165) is 26.2 Å². The van der Waals surface area contributed by atoms with Gasteiger partial charge in [0.15, 0.2) is 13.1 Å². The molecule has 0 atom stereocenters. The van der Waals surface area contributed by atoms with Crippen LogP contribution in [0, 0.1) is 34.3 Å². The van der Waals surface area contributed by atoms with E-state index >= 15 is 0 Å². The lowest BCUT2D eigenvalue weighted by atomic mass is 10.1. The summed E-state index contributed by atoms with van der Waals surface area (Å²) in [6.07, 6.45) is 2.89. The van der Waals surface area contributed by atoms with Gasteiger partial charge in [-0.3, -0.25) is 4.90 Å². The van der Waals surface area contributed by atoms with E-state index < -0.39 is 11.6 Å². The summed E-state index contributed by atoms with van der Waals surface area (Å²) in [6.45, 7) is 3.89. The number of methoxy groups -OCH3 is 2. The van der Waals surface area contributed by atoms with E-state index in [9.17, 15) is 8.78 Å². The van der Waals surface area contributed by atoms with Gasteiger partial charge in [0, 0.05) is 12.1 Å². The fourth-order valence-electron chi connectivity index (χ4n) is 3.73. The van der Waals surface area contributed by atoms with Crippen molar-refractivity contribution < 1.29 is 22.8 Å². The maximum Gasteiger partial charge on any atom is 0.155 e. The first-order chi connectivity index (χ1) is 15.5. The molecular weight excluding hydrogens is 414 g/mol. The normalized spacial score (nSPS) is 13.9. The van der Waals surface area contributed by atoms with Gasteiger partial charge in [-0.05, 0) is 36.2 Å². The summed E-state index contributed by atoms with van der Waals surface area (Å²) < 4.78 is 41.0. The van der Waals surface area contributed by atoms with Crippen LogP contribution >= 0.6 is 0 Å². The second-order valence-corrected chi connectivity index (χ2v) is 7.53. The molecule has 0 aromatic heterocycles. The maximum atomic E-state index is 14.3. The molecule has 2 aromatic carbocycles. The van der Waals surface area contributed by atoms with Crippen molar-refractivity contribution >= 4 is 6.21 Å². The number of nitriles is 2. The zero-order chi connectivity index (χ0) is 23.1. The number of benzene rings is 2. The maximum absolute atomic E-state index is 14.3. The second-order valence-electron chi connectivity index (χ2n) is 7.53. The number of nitrogens with zero attached hydrogens (tertiary/aromatic N) is 4. The Morgan fingerprint density at radius 3 is 2.00 bits per heavy atom. The van der Waals surface area contributed by atoms with Crippen LogP contribution in [-0.4, -0.2) is 62.6 Å². The fourth-order valence-corrected chi connectivity index (χ4v) is 3.73. The minimum atomic E-state index is -0.419. The minimum Gasteiger partial charge on any atom is -0.495 e. The molecule has 0 aliphatic carbocycles. The van der Waals surface area contributed by atoms with Gasteiger partial charge in [-0.2, -0.15) is 10.5 Å². The lowest BCUT2D eigenvalue weighted by Gasteiger charge is -2.25. The third-order valence-electron chi connectivity index (χ3n) is 5.65. The molecule has 0 N–H and O–H groups in total. The summed E-state index contributed by atoms with van der Waals surface area (Å²) in [5.74, 6) is -0.0601.